The third kappa shape index (κ3) is 3.08. The number of aromatic nitrogens is 1. The van der Waals surface area contributed by atoms with Gasteiger partial charge in [0.25, 0.3) is 0 Å². The molecule has 2 heterocycles. The van der Waals surface area contributed by atoms with Crippen LogP contribution in [0.2, 0.25) is 0 Å². The molecule has 3 aromatic rings. The van der Waals surface area contributed by atoms with Crippen LogP contribution in [0.15, 0.2) is 64.7 Å². The van der Waals surface area contributed by atoms with Gasteiger partial charge in [0.05, 0.1) is 5.69 Å². The predicted molar refractivity (Wildman–Crippen MR) is 89.0 cm³/mol. The number of rotatable bonds is 4. The van der Waals surface area contributed by atoms with Crippen LogP contribution in [0.25, 0.3) is 11.1 Å². The van der Waals surface area contributed by atoms with Crippen molar-refractivity contribution in [2.45, 2.75) is 6.54 Å². The van der Waals surface area contributed by atoms with Crippen molar-refractivity contribution >= 4 is 33.0 Å². The van der Waals surface area contributed by atoms with Gasteiger partial charge in [0.1, 0.15) is 4.60 Å². The van der Waals surface area contributed by atoms with Crippen LogP contribution in [0, 0.1) is 0 Å². The third-order valence-electron chi connectivity index (χ3n) is 2.97. The van der Waals surface area contributed by atoms with E-state index in [0.29, 0.717) is 0 Å². The molecule has 4 heteroatoms. The van der Waals surface area contributed by atoms with Gasteiger partial charge < -0.3 is 5.32 Å². The molecule has 0 fully saturated rings. The van der Waals surface area contributed by atoms with Crippen LogP contribution in [0.1, 0.15) is 4.88 Å². The number of nitrogens with one attached hydrogen (secondary N) is 1. The number of hydrogen-bond acceptors (Lipinski definition) is 3. The van der Waals surface area contributed by atoms with Gasteiger partial charge >= 0.3 is 0 Å². The van der Waals surface area contributed by atoms with Gasteiger partial charge in [-0.2, -0.15) is 0 Å². The van der Waals surface area contributed by atoms with E-state index >= 15 is 0 Å². The third-order valence-corrected chi connectivity index (χ3v) is 4.54. The predicted octanol–water partition coefficient (Wildman–Crippen LogP) is 5.18. The summed E-state index contributed by atoms with van der Waals surface area (Å²) in [6.07, 6.45) is 1.77. The van der Waals surface area contributed by atoms with E-state index in [2.05, 4.69) is 61.9 Å². The van der Waals surface area contributed by atoms with Gasteiger partial charge in [-0.25, -0.2) is 4.98 Å². The highest BCUT2D eigenvalue weighted by Crippen LogP contribution is 2.26. The Balaban J connectivity index is 1.71. The van der Waals surface area contributed by atoms with Gasteiger partial charge in [0, 0.05) is 17.6 Å². The second-order valence-electron chi connectivity index (χ2n) is 4.36. The quantitative estimate of drug-likeness (QED) is 0.659. The Morgan fingerprint density at radius 1 is 1.05 bits per heavy atom. The normalized spacial score (nSPS) is 10.4. The lowest BCUT2D eigenvalue weighted by atomic mass is 10.1. The van der Waals surface area contributed by atoms with Crippen LogP contribution in [-0.4, -0.2) is 4.98 Å². The Bertz CT molecular complexity index is 694. The van der Waals surface area contributed by atoms with Crippen LogP contribution in [-0.2, 0) is 6.54 Å². The number of halogens is 1. The van der Waals surface area contributed by atoms with Gasteiger partial charge in [0.2, 0.25) is 0 Å². The molecular formula is C16H13BrN2S. The molecule has 1 aromatic carbocycles. The number of thiophene rings is 1. The van der Waals surface area contributed by atoms with Gasteiger partial charge in [-0.3, -0.25) is 0 Å². The second kappa shape index (κ2) is 6.20. The lowest BCUT2D eigenvalue weighted by molar-refractivity contribution is 1.16. The van der Waals surface area contributed by atoms with Crippen LogP contribution in [0.3, 0.4) is 0 Å². The molecule has 0 saturated heterocycles. The second-order valence-corrected chi connectivity index (χ2v) is 6.11. The molecule has 0 unspecified atom stereocenters. The van der Waals surface area contributed by atoms with Crippen molar-refractivity contribution in [3.8, 4) is 11.1 Å². The van der Waals surface area contributed by atoms with E-state index < -0.39 is 0 Å². The minimum absolute atomic E-state index is 0.807. The zero-order valence-corrected chi connectivity index (χ0v) is 13.1. The molecule has 0 amide bonds. The van der Waals surface area contributed by atoms with Crippen molar-refractivity contribution in [3.63, 3.8) is 0 Å². The molecule has 2 nitrogen and oxygen atoms in total. The SMILES string of the molecule is Brc1ncccc1NCc1cc(-c2ccccc2)cs1. The first-order chi connectivity index (χ1) is 9.83. The molecule has 1 N–H and O–H groups in total. The van der Waals surface area contributed by atoms with Gasteiger partial charge in [-0.1, -0.05) is 30.3 Å². The minimum Gasteiger partial charge on any atom is -0.378 e. The largest absolute Gasteiger partial charge is 0.378 e. The topological polar surface area (TPSA) is 24.9 Å². The Kier molecular flexibility index (Phi) is 4.14. The smallest absolute Gasteiger partial charge is 0.129 e. The number of hydrogen-bond donors (Lipinski definition) is 1. The Morgan fingerprint density at radius 3 is 2.70 bits per heavy atom. The standard InChI is InChI=1S/C16H13BrN2S/c17-16-15(7-4-8-18-16)19-10-14-9-13(11-20-14)12-5-2-1-3-6-12/h1-9,11,19H,10H2. The molecule has 0 aliphatic rings. The molecule has 0 bridgehead atoms. The number of pyridine rings is 1. The van der Waals surface area contributed by atoms with Gasteiger partial charge in [-0.05, 0) is 50.6 Å². The summed E-state index contributed by atoms with van der Waals surface area (Å²) in [5.41, 5.74) is 3.55. The van der Waals surface area contributed by atoms with Crippen LogP contribution in [0.4, 0.5) is 5.69 Å². The Morgan fingerprint density at radius 2 is 1.90 bits per heavy atom. The first-order valence-electron chi connectivity index (χ1n) is 6.30. The summed E-state index contributed by atoms with van der Waals surface area (Å²) < 4.78 is 0.847. The molecule has 0 radical (unpaired) electrons. The Labute approximate surface area is 130 Å². The molecule has 2 aromatic heterocycles. The van der Waals surface area contributed by atoms with Gasteiger partial charge in [-0.15, -0.1) is 11.3 Å². The molecule has 3 rings (SSSR count). The van der Waals surface area contributed by atoms with Crippen molar-refractivity contribution in [2.24, 2.45) is 0 Å². The summed E-state index contributed by atoms with van der Waals surface area (Å²) in [4.78, 5) is 5.51. The summed E-state index contributed by atoms with van der Waals surface area (Å²) in [5.74, 6) is 0. The van der Waals surface area contributed by atoms with E-state index in [1.54, 1.807) is 17.5 Å². The van der Waals surface area contributed by atoms with Crippen molar-refractivity contribution in [2.75, 3.05) is 5.32 Å². The van der Waals surface area contributed by atoms with Crippen LogP contribution in [0.5, 0.6) is 0 Å². The summed E-state index contributed by atoms with van der Waals surface area (Å²) in [6, 6.07) is 16.6. The van der Waals surface area contributed by atoms with E-state index in [0.717, 1.165) is 16.8 Å². The highest BCUT2D eigenvalue weighted by Gasteiger charge is 2.03. The summed E-state index contributed by atoms with van der Waals surface area (Å²) in [7, 11) is 0. The monoisotopic (exact) mass is 344 g/mol. The number of nitrogens with zero attached hydrogens (tertiary/aromatic N) is 1. The van der Waals surface area contributed by atoms with E-state index in [4.69, 9.17) is 0 Å². The van der Waals surface area contributed by atoms with Crippen LogP contribution < -0.4 is 5.32 Å². The summed E-state index contributed by atoms with van der Waals surface area (Å²) in [5, 5.41) is 5.59. The van der Waals surface area contributed by atoms with E-state index in [1.807, 2.05) is 18.2 Å². The van der Waals surface area contributed by atoms with Crippen LogP contribution >= 0.6 is 27.3 Å². The average Bonchev–Trinajstić information content (AvgIpc) is 2.96. The molecule has 0 aliphatic heterocycles. The minimum atomic E-state index is 0.807. The molecule has 0 spiro atoms. The Hall–Kier alpha value is -1.65. The number of anilines is 1. The molecule has 0 aliphatic carbocycles. The maximum absolute atomic E-state index is 4.20. The maximum atomic E-state index is 4.20. The lowest BCUT2D eigenvalue weighted by Crippen LogP contribution is -1.98. The average molecular weight is 345 g/mol. The molecule has 0 saturated carbocycles. The first kappa shape index (κ1) is 13.3. The fourth-order valence-electron chi connectivity index (χ4n) is 1.96. The molecular weight excluding hydrogens is 332 g/mol. The lowest BCUT2D eigenvalue weighted by Gasteiger charge is -2.05. The highest BCUT2D eigenvalue weighted by molar-refractivity contribution is 9.10. The molecule has 20 heavy (non-hydrogen) atoms. The first-order valence-corrected chi connectivity index (χ1v) is 7.97. The highest BCUT2D eigenvalue weighted by atomic mass is 79.9. The van der Waals surface area contributed by atoms with E-state index in [1.165, 1.54) is 16.0 Å². The van der Waals surface area contributed by atoms with Crippen molar-refractivity contribution in [3.05, 3.63) is 69.6 Å². The van der Waals surface area contributed by atoms with Crippen molar-refractivity contribution < 1.29 is 0 Å². The van der Waals surface area contributed by atoms with E-state index in [-0.39, 0.29) is 0 Å². The molecule has 100 valence electrons. The van der Waals surface area contributed by atoms with Gasteiger partial charge in [0.15, 0.2) is 0 Å². The molecule has 0 atom stereocenters. The van der Waals surface area contributed by atoms with E-state index in [9.17, 15) is 0 Å². The van der Waals surface area contributed by atoms with Crippen molar-refractivity contribution in [1.29, 1.82) is 0 Å². The van der Waals surface area contributed by atoms with Crippen molar-refractivity contribution in [1.82, 2.24) is 4.98 Å². The summed E-state index contributed by atoms with van der Waals surface area (Å²) >= 11 is 5.21. The number of benzene rings is 1. The maximum Gasteiger partial charge on any atom is 0.129 e. The summed E-state index contributed by atoms with van der Waals surface area (Å²) in [6.45, 7) is 0.807. The zero-order chi connectivity index (χ0) is 13.8. The zero-order valence-electron chi connectivity index (χ0n) is 10.7. The fraction of sp³-hybridized carbons (Fsp3) is 0.0625. The fourth-order valence-corrected chi connectivity index (χ4v) is 3.18.